The number of ketones is 5. The van der Waals surface area contributed by atoms with E-state index in [0.717, 1.165) is 163 Å². The third-order valence-electron chi connectivity index (χ3n) is 22.9. The lowest BCUT2D eigenvalue weighted by Crippen LogP contribution is -2.16. The number of aryl methyl sites for hydroxylation is 1. The number of carbonyl (C=O) groups is 9. The number of hydrogen-bond acceptors (Lipinski definition) is 17. The van der Waals surface area contributed by atoms with Gasteiger partial charge in [-0.2, -0.15) is 0 Å². The molecule has 688 valence electrons. The first-order valence-corrected chi connectivity index (χ1v) is 46.5. The van der Waals surface area contributed by atoms with Crippen molar-refractivity contribution in [1.29, 1.82) is 0 Å². The second-order valence-corrected chi connectivity index (χ2v) is 32.8. The maximum Gasteiger partial charge on any atom is 0.365 e. The molecule has 0 radical (unpaired) electrons. The number of oxime groups is 4. The van der Waals surface area contributed by atoms with Gasteiger partial charge >= 0.3 is 23.9 Å². The predicted molar refractivity (Wildman–Crippen MR) is 536 cm³/mol. The zero-order valence-corrected chi connectivity index (χ0v) is 77.4. The molecule has 0 atom stereocenters. The molecule has 0 aliphatic rings. The maximum absolute atomic E-state index is 13.7. The zero-order chi connectivity index (χ0) is 95.1. The molecule has 4 heterocycles. The minimum absolute atomic E-state index is 0.0465. The van der Waals surface area contributed by atoms with E-state index < -0.39 is 23.9 Å². The fourth-order valence-electron chi connectivity index (χ4n) is 15.7. The van der Waals surface area contributed by atoms with Gasteiger partial charge in [0.05, 0.1) is 27.7 Å². The summed E-state index contributed by atoms with van der Waals surface area (Å²) in [5.41, 5.74) is 12.3. The molecule has 135 heavy (non-hydrogen) atoms. The molecular weight excluding hydrogens is 1690 g/mol. The Kier molecular flexibility index (Phi) is 37.5. The van der Waals surface area contributed by atoms with Crippen LogP contribution in [0, 0.1) is 0 Å². The molecule has 4 aromatic heterocycles. The van der Waals surface area contributed by atoms with Crippen molar-refractivity contribution in [3.05, 3.63) is 384 Å². The fraction of sp³-hybridized carbons (Fsp3) is 0.237. The molecule has 0 unspecified atom stereocenters. The zero-order valence-electron chi connectivity index (χ0n) is 77.4. The van der Waals surface area contributed by atoms with E-state index in [1.165, 1.54) is 6.92 Å². The van der Waals surface area contributed by atoms with Crippen LogP contribution in [0.25, 0.3) is 55.0 Å². The van der Waals surface area contributed by atoms with Gasteiger partial charge in [-0.1, -0.05) is 332 Å². The molecule has 0 fully saturated rings. The molecule has 0 N–H and O–H groups in total. The summed E-state index contributed by atoms with van der Waals surface area (Å²) >= 11 is 0. The number of rotatable bonds is 41. The van der Waals surface area contributed by atoms with Crippen molar-refractivity contribution in [3.63, 3.8) is 0 Å². The van der Waals surface area contributed by atoms with Gasteiger partial charge in [0.15, 0.2) is 5.78 Å². The van der Waals surface area contributed by atoms with Crippen LogP contribution >= 0.6 is 0 Å². The molecule has 21 heteroatoms. The van der Waals surface area contributed by atoms with Crippen molar-refractivity contribution in [2.45, 2.75) is 170 Å². The van der Waals surface area contributed by atoms with E-state index in [1.807, 2.05) is 233 Å². The normalized spacial score (nSPS) is 11.5. The highest BCUT2D eigenvalue weighted by Crippen LogP contribution is 2.32. The summed E-state index contributed by atoms with van der Waals surface area (Å²) in [5.74, 6) is -3.21. The highest BCUT2D eigenvalue weighted by atomic mass is 16.7. The van der Waals surface area contributed by atoms with Gasteiger partial charge in [-0.05, 0) is 154 Å². The van der Waals surface area contributed by atoms with E-state index in [-0.39, 0.29) is 51.8 Å². The second kappa shape index (κ2) is 51.3. The number of carbonyl (C=O) groups excluding carboxylic acids is 9. The Balaban J connectivity index is 0.000000163. The van der Waals surface area contributed by atoms with Gasteiger partial charge in [0, 0.05) is 123 Å². The Hall–Kier alpha value is -15.5. The Morgan fingerprint density at radius 3 is 0.919 bits per heavy atom. The summed E-state index contributed by atoms with van der Waals surface area (Å²) in [5, 5.41) is 19.4. The fourth-order valence-corrected chi connectivity index (χ4v) is 15.7. The Morgan fingerprint density at radius 1 is 0.267 bits per heavy atom. The molecule has 11 aromatic carbocycles. The van der Waals surface area contributed by atoms with Gasteiger partial charge in [0.1, 0.15) is 22.8 Å². The minimum atomic E-state index is -0.578. The molecule has 0 amide bonds. The van der Waals surface area contributed by atoms with Crippen LogP contribution in [-0.4, -0.2) is 93.9 Å². The first-order valence-electron chi connectivity index (χ1n) is 46.5. The average molecular weight is 1800 g/mol. The summed E-state index contributed by atoms with van der Waals surface area (Å²) in [4.78, 5) is 136. The van der Waals surface area contributed by atoms with Crippen molar-refractivity contribution >= 4 is 119 Å². The quantitative estimate of drug-likeness (QED) is 0.0114. The van der Waals surface area contributed by atoms with Gasteiger partial charge in [-0.25, -0.2) is 19.2 Å². The van der Waals surface area contributed by atoms with E-state index in [4.69, 9.17) is 19.4 Å². The first kappa shape index (κ1) is 98.5. The lowest BCUT2D eigenvalue weighted by atomic mass is 10.0. The monoisotopic (exact) mass is 1800 g/mol. The van der Waals surface area contributed by atoms with Crippen LogP contribution in [0.4, 0.5) is 0 Å². The average Bonchev–Trinajstić information content (AvgIpc) is 1.64. The molecule has 0 aliphatic carbocycles. The van der Waals surface area contributed by atoms with Gasteiger partial charge < -0.3 is 37.6 Å². The molecule has 0 aliphatic heterocycles. The van der Waals surface area contributed by atoms with Crippen LogP contribution in [0.2, 0.25) is 0 Å². The minimum Gasteiger partial charge on any atom is -0.350 e. The van der Waals surface area contributed by atoms with Crippen molar-refractivity contribution in [2.75, 3.05) is 0 Å². The van der Waals surface area contributed by atoms with Crippen LogP contribution in [0.3, 0.4) is 0 Å². The topological polar surface area (TPSA) is 260 Å². The third-order valence-corrected chi connectivity index (χ3v) is 22.9. The molecule has 21 nitrogen and oxygen atoms in total. The SMILES string of the molecule is CCCCCC/C(=N\OC(=O)c1ccccc1)C(=O)c1cn(-c2ccccc2)c2ccccc12.CCCCCC/C(=N\OC(=O)c1ccccc1)C(=O)c1cn(C)c2ccccc12.CCCCCC/C(=N\OC(=O)c1ccccc1)C(=O)c1cn(Cc2ccccc2)c2ccccc12.CCCCCC/C(=N\OC(C)=O)C(=O)c1cn(-c2ccc(C(=O)c3ccccc3)cc2)c2ccccc12. The van der Waals surface area contributed by atoms with Gasteiger partial charge in [0.25, 0.3) is 0 Å². The predicted octanol–water partition coefficient (Wildman–Crippen LogP) is 26.5. The number of Topliss-reactive ketones (excluding diaryl/α,β-unsaturated/α-hetero) is 4. The summed E-state index contributed by atoms with van der Waals surface area (Å²) in [7, 11) is 1.91. The van der Waals surface area contributed by atoms with Crippen LogP contribution in [0.15, 0.2) is 349 Å². The number of aromatic nitrogens is 4. The van der Waals surface area contributed by atoms with E-state index in [1.54, 1.807) is 103 Å². The van der Waals surface area contributed by atoms with E-state index >= 15 is 0 Å². The Morgan fingerprint density at radius 2 is 0.548 bits per heavy atom. The maximum atomic E-state index is 13.7. The van der Waals surface area contributed by atoms with Gasteiger partial charge in [-0.3, -0.25) is 24.0 Å². The molecule has 15 rings (SSSR count). The number of benzene rings is 11. The molecule has 15 aromatic rings. The third kappa shape index (κ3) is 27.3. The molecule has 0 saturated heterocycles. The summed E-state index contributed by atoms with van der Waals surface area (Å²) in [6, 6.07) is 93.6. The molecule has 0 spiro atoms. The van der Waals surface area contributed by atoms with Gasteiger partial charge in [-0.15, -0.1) is 0 Å². The second-order valence-electron chi connectivity index (χ2n) is 32.8. The smallest absolute Gasteiger partial charge is 0.350 e. The highest BCUT2D eigenvalue weighted by Gasteiger charge is 2.28. The number of para-hydroxylation sites is 5. The van der Waals surface area contributed by atoms with Crippen LogP contribution < -0.4 is 0 Å². The summed E-state index contributed by atoms with van der Waals surface area (Å²) < 4.78 is 7.95. The first-order chi connectivity index (χ1) is 66.0. The van der Waals surface area contributed by atoms with Crippen molar-refractivity contribution in [1.82, 2.24) is 18.3 Å². The number of nitrogens with zero attached hydrogens (tertiary/aromatic N) is 8. The Labute approximate surface area is 787 Å². The van der Waals surface area contributed by atoms with Crippen LogP contribution in [0.5, 0.6) is 0 Å². The standard InChI is InChI=1S/C31H30N2O4.C30H30N2O3.C29H28N2O3.C24H26N2O3/c1-3-4-5-9-15-28(32-37-22(2)34)31(36)27-21-33(29-16-11-10-14-26(27)29)25-19-17-24(18-20-25)30(35)23-12-7-6-8-13-23;1-2-3-4-11-19-27(31-35-30(34)24-16-9-6-10-17-24)29(33)26-22-32(21-23-14-7-5-8-15-23)28-20-13-12-18-25(26)28;1-2-3-4-11-19-26(30-34-29(33)22-14-7-5-8-15-22)28(32)25-21-31(23-16-9-6-10-17-23)27-20-13-12-18-24(25)27;1-3-4-5-9-15-21(25-29-24(28)18-12-7-6-8-13-18)23(27)20-17-26(2)22-16-11-10-14-19(20)22/h6-8,10-14,16-21H,3-5,9,15H2,1-2H3;5-10,12-18,20,22H,2-4,11,19,21H2,1H3;5-10,12-18,20-21H,2-4,11,19H2,1H3;6-8,10-14,16-17H,3-5,9,15H2,1-2H3/b32-28+;31-27+;30-26+;25-21+. The lowest BCUT2D eigenvalue weighted by molar-refractivity contribution is -0.140. The molecule has 0 bridgehead atoms. The van der Waals surface area contributed by atoms with Crippen molar-refractivity contribution < 1.29 is 62.5 Å². The largest absolute Gasteiger partial charge is 0.365 e. The summed E-state index contributed by atoms with van der Waals surface area (Å²) in [6.45, 7) is 10.5. The Bertz CT molecular complexity index is 6650. The van der Waals surface area contributed by atoms with Gasteiger partial charge in [0.2, 0.25) is 23.1 Å². The van der Waals surface area contributed by atoms with Crippen LogP contribution in [-0.2, 0) is 37.7 Å². The number of unbranched alkanes of at least 4 members (excludes halogenated alkanes) is 12. The number of fused-ring (bicyclic) bond motifs is 4. The number of hydrogen-bond donors (Lipinski definition) is 0. The molecular formula is C114H114N8O13. The lowest BCUT2D eigenvalue weighted by Gasteiger charge is -2.07. The highest BCUT2D eigenvalue weighted by molar-refractivity contribution is 6.50. The van der Waals surface area contributed by atoms with Crippen LogP contribution in [0.1, 0.15) is 257 Å². The summed E-state index contributed by atoms with van der Waals surface area (Å²) in [6.07, 6.45) is 25.0. The van der Waals surface area contributed by atoms with Crippen molar-refractivity contribution in [2.24, 2.45) is 27.7 Å². The van der Waals surface area contributed by atoms with E-state index in [2.05, 4.69) is 65.0 Å². The van der Waals surface area contributed by atoms with E-state index in [0.29, 0.717) is 82.3 Å². The molecule has 0 saturated carbocycles. The van der Waals surface area contributed by atoms with E-state index in [9.17, 15) is 43.2 Å². The van der Waals surface area contributed by atoms with Crippen molar-refractivity contribution in [3.8, 4) is 11.4 Å².